The van der Waals surface area contributed by atoms with E-state index in [0.29, 0.717) is 24.5 Å². The number of methoxy groups -OCH3 is 1. The number of likely N-dealkylation sites (tertiary alicyclic amines) is 1. The molecule has 0 spiro atoms. The Kier molecular flexibility index (Phi) is 5.58. The Hall–Kier alpha value is -2.50. The first-order chi connectivity index (χ1) is 12.2. The van der Waals surface area contributed by atoms with Gasteiger partial charge in [-0.1, -0.05) is 6.07 Å². The van der Waals surface area contributed by atoms with Gasteiger partial charge >= 0.3 is 0 Å². The van der Waals surface area contributed by atoms with Gasteiger partial charge in [0.05, 0.1) is 32.7 Å². The number of carbonyl (C=O) groups is 1. The van der Waals surface area contributed by atoms with E-state index in [4.69, 9.17) is 9.47 Å². The normalized spacial score (nSPS) is 16.9. The Bertz CT molecular complexity index is 700. The number of rotatable bonds is 7. The van der Waals surface area contributed by atoms with E-state index in [2.05, 4.69) is 5.10 Å². The van der Waals surface area contributed by atoms with Crippen molar-refractivity contribution in [1.82, 2.24) is 14.7 Å². The molecule has 2 heterocycles. The first-order valence-corrected chi connectivity index (χ1v) is 8.71. The standard InChI is InChI=1S/C19H25N3O3/c1-15-6-7-17(18(13-15)24-2)25-12-8-19(23)22-11-3-5-16(22)14-21-10-4-9-20-21/h4,6-7,9-10,13,16H,3,5,8,11-12,14H2,1-2H3/t16-/m0/s1. The molecule has 1 aromatic heterocycles. The largest absolute Gasteiger partial charge is 0.493 e. The molecular formula is C19H25N3O3. The van der Waals surface area contributed by atoms with Crippen LogP contribution < -0.4 is 9.47 Å². The van der Waals surface area contributed by atoms with Gasteiger partial charge in [-0.2, -0.15) is 5.10 Å². The van der Waals surface area contributed by atoms with E-state index in [1.165, 1.54) is 0 Å². The van der Waals surface area contributed by atoms with Crippen molar-refractivity contribution in [3.63, 3.8) is 0 Å². The van der Waals surface area contributed by atoms with Crippen molar-refractivity contribution in [2.24, 2.45) is 0 Å². The molecule has 3 rings (SSSR count). The highest BCUT2D eigenvalue weighted by molar-refractivity contribution is 5.77. The van der Waals surface area contributed by atoms with Crippen molar-refractivity contribution < 1.29 is 14.3 Å². The lowest BCUT2D eigenvalue weighted by molar-refractivity contribution is -0.132. The summed E-state index contributed by atoms with van der Waals surface area (Å²) in [7, 11) is 1.62. The van der Waals surface area contributed by atoms with E-state index in [0.717, 1.165) is 31.5 Å². The molecule has 0 aliphatic carbocycles. The van der Waals surface area contributed by atoms with Crippen LogP contribution in [0.5, 0.6) is 11.5 Å². The van der Waals surface area contributed by atoms with Crippen LogP contribution in [-0.2, 0) is 11.3 Å². The maximum absolute atomic E-state index is 12.6. The summed E-state index contributed by atoms with van der Waals surface area (Å²) in [6.07, 6.45) is 6.15. The molecule has 0 bridgehead atoms. The number of amides is 1. The number of aryl methyl sites for hydroxylation is 1. The molecule has 0 unspecified atom stereocenters. The highest BCUT2D eigenvalue weighted by Gasteiger charge is 2.28. The molecule has 2 aromatic rings. The molecule has 0 radical (unpaired) electrons. The lowest BCUT2D eigenvalue weighted by atomic mass is 10.2. The Morgan fingerprint density at radius 3 is 3.00 bits per heavy atom. The minimum absolute atomic E-state index is 0.140. The first-order valence-electron chi connectivity index (χ1n) is 8.71. The molecule has 6 heteroatoms. The van der Waals surface area contributed by atoms with E-state index < -0.39 is 0 Å². The Morgan fingerprint density at radius 1 is 1.36 bits per heavy atom. The zero-order valence-electron chi connectivity index (χ0n) is 14.9. The summed E-state index contributed by atoms with van der Waals surface area (Å²) >= 11 is 0. The Labute approximate surface area is 148 Å². The van der Waals surface area contributed by atoms with Gasteiger partial charge in [-0.25, -0.2) is 0 Å². The molecule has 25 heavy (non-hydrogen) atoms. The third-order valence-corrected chi connectivity index (χ3v) is 4.55. The van der Waals surface area contributed by atoms with Crippen LogP contribution in [0.15, 0.2) is 36.7 Å². The number of benzene rings is 1. The summed E-state index contributed by atoms with van der Waals surface area (Å²) in [5.41, 5.74) is 1.11. The van der Waals surface area contributed by atoms with Crippen molar-refractivity contribution >= 4 is 5.91 Å². The lowest BCUT2D eigenvalue weighted by Crippen LogP contribution is -2.38. The van der Waals surface area contributed by atoms with Gasteiger partial charge in [0.15, 0.2) is 11.5 Å². The van der Waals surface area contributed by atoms with Crippen LogP contribution in [0.3, 0.4) is 0 Å². The van der Waals surface area contributed by atoms with Crippen LogP contribution in [0.2, 0.25) is 0 Å². The summed E-state index contributed by atoms with van der Waals surface area (Å²) in [6, 6.07) is 7.91. The van der Waals surface area contributed by atoms with Gasteiger partial charge < -0.3 is 14.4 Å². The van der Waals surface area contributed by atoms with E-state index in [9.17, 15) is 4.79 Å². The summed E-state index contributed by atoms with van der Waals surface area (Å²) in [5, 5.41) is 4.24. The summed E-state index contributed by atoms with van der Waals surface area (Å²) in [4.78, 5) is 14.5. The fourth-order valence-electron chi connectivity index (χ4n) is 3.26. The molecule has 1 amide bonds. The van der Waals surface area contributed by atoms with Crippen LogP contribution in [0.4, 0.5) is 0 Å². The quantitative estimate of drug-likeness (QED) is 0.775. The number of carbonyl (C=O) groups excluding carboxylic acids is 1. The molecule has 1 atom stereocenters. The summed E-state index contributed by atoms with van der Waals surface area (Å²) in [5.74, 6) is 1.52. The monoisotopic (exact) mass is 343 g/mol. The highest BCUT2D eigenvalue weighted by Crippen LogP contribution is 2.28. The minimum atomic E-state index is 0.140. The maximum Gasteiger partial charge on any atom is 0.226 e. The van der Waals surface area contributed by atoms with Crippen molar-refractivity contribution in [1.29, 1.82) is 0 Å². The molecule has 1 aliphatic heterocycles. The summed E-state index contributed by atoms with van der Waals surface area (Å²) < 4.78 is 13.0. The van der Waals surface area contributed by atoms with Crippen molar-refractivity contribution in [2.75, 3.05) is 20.3 Å². The van der Waals surface area contributed by atoms with Gasteiger partial charge in [-0.05, 0) is 43.5 Å². The molecular weight excluding hydrogens is 318 g/mol. The van der Waals surface area contributed by atoms with Gasteiger partial charge in [0.25, 0.3) is 0 Å². The van der Waals surface area contributed by atoms with Gasteiger partial charge in [-0.3, -0.25) is 9.48 Å². The van der Waals surface area contributed by atoms with Crippen LogP contribution in [0, 0.1) is 6.92 Å². The fraction of sp³-hybridized carbons (Fsp3) is 0.474. The molecule has 1 saturated heterocycles. The Morgan fingerprint density at radius 2 is 2.24 bits per heavy atom. The number of aromatic nitrogens is 2. The van der Waals surface area contributed by atoms with Gasteiger partial charge in [0, 0.05) is 18.9 Å². The zero-order chi connectivity index (χ0) is 17.6. The predicted molar refractivity (Wildman–Crippen MR) is 94.8 cm³/mol. The van der Waals surface area contributed by atoms with Crippen molar-refractivity contribution in [2.45, 2.75) is 38.8 Å². The molecule has 1 aromatic carbocycles. The lowest BCUT2D eigenvalue weighted by Gasteiger charge is -2.25. The molecule has 6 nitrogen and oxygen atoms in total. The SMILES string of the molecule is COc1cc(C)ccc1OCCC(=O)N1CCC[C@H]1Cn1cccn1. The second-order valence-electron chi connectivity index (χ2n) is 6.36. The second-order valence-corrected chi connectivity index (χ2v) is 6.36. The number of hydrogen-bond acceptors (Lipinski definition) is 4. The minimum Gasteiger partial charge on any atom is -0.493 e. The van der Waals surface area contributed by atoms with Gasteiger partial charge in [-0.15, -0.1) is 0 Å². The fourth-order valence-corrected chi connectivity index (χ4v) is 3.26. The zero-order valence-corrected chi connectivity index (χ0v) is 14.9. The highest BCUT2D eigenvalue weighted by atomic mass is 16.5. The molecule has 1 fully saturated rings. The second kappa shape index (κ2) is 8.05. The van der Waals surface area contributed by atoms with Gasteiger partial charge in [0.1, 0.15) is 0 Å². The van der Waals surface area contributed by atoms with E-state index in [1.807, 2.05) is 47.0 Å². The topological polar surface area (TPSA) is 56.6 Å². The number of hydrogen-bond donors (Lipinski definition) is 0. The molecule has 0 saturated carbocycles. The van der Waals surface area contributed by atoms with E-state index in [-0.39, 0.29) is 11.9 Å². The predicted octanol–water partition coefficient (Wildman–Crippen LogP) is 2.66. The first kappa shape index (κ1) is 17.3. The van der Waals surface area contributed by atoms with Crippen molar-refractivity contribution in [3.05, 3.63) is 42.2 Å². The maximum atomic E-state index is 12.6. The summed E-state index contributed by atoms with van der Waals surface area (Å²) in [6.45, 7) is 3.93. The van der Waals surface area contributed by atoms with Gasteiger partial charge in [0.2, 0.25) is 5.91 Å². The van der Waals surface area contributed by atoms with Crippen LogP contribution in [0.1, 0.15) is 24.8 Å². The van der Waals surface area contributed by atoms with E-state index in [1.54, 1.807) is 13.3 Å². The average Bonchev–Trinajstić information content (AvgIpc) is 3.28. The third kappa shape index (κ3) is 4.32. The smallest absolute Gasteiger partial charge is 0.226 e. The van der Waals surface area contributed by atoms with Crippen molar-refractivity contribution in [3.8, 4) is 11.5 Å². The molecule has 1 aliphatic rings. The molecule has 134 valence electrons. The van der Waals surface area contributed by atoms with Crippen LogP contribution in [0.25, 0.3) is 0 Å². The van der Waals surface area contributed by atoms with Crippen LogP contribution in [-0.4, -0.2) is 46.9 Å². The average molecular weight is 343 g/mol. The van der Waals surface area contributed by atoms with E-state index >= 15 is 0 Å². The Balaban J connectivity index is 1.52. The third-order valence-electron chi connectivity index (χ3n) is 4.55. The molecule has 0 N–H and O–H groups in total. The number of ether oxygens (including phenoxy) is 2. The number of nitrogens with zero attached hydrogens (tertiary/aromatic N) is 3. The van der Waals surface area contributed by atoms with Crippen LogP contribution >= 0.6 is 0 Å².